The maximum Gasteiger partial charge on any atom is 0.389 e. The summed E-state index contributed by atoms with van der Waals surface area (Å²) in [5, 5.41) is 10.7. The van der Waals surface area contributed by atoms with Crippen LogP contribution in [-0.4, -0.2) is 81.7 Å². The van der Waals surface area contributed by atoms with Gasteiger partial charge in [0.1, 0.15) is 0 Å². The van der Waals surface area contributed by atoms with Crippen LogP contribution >= 0.6 is 0 Å². The number of pyridine rings is 1. The first-order valence-corrected chi connectivity index (χ1v) is 13.9. The molecule has 41 heavy (non-hydrogen) atoms. The minimum Gasteiger partial charge on any atom is -0.350 e. The molecule has 3 aromatic rings. The van der Waals surface area contributed by atoms with Gasteiger partial charge in [-0.2, -0.15) is 18.2 Å². The van der Waals surface area contributed by atoms with Gasteiger partial charge in [-0.05, 0) is 74.8 Å². The van der Waals surface area contributed by atoms with Crippen molar-refractivity contribution in [2.24, 2.45) is 0 Å². The first kappa shape index (κ1) is 28.6. The first-order valence-electron chi connectivity index (χ1n) is 13.9. The van der Waals surface area contributed by atoms with Gasteiger partial charge in [0, 0.05) is 55.1 Å². The summed E-state index contributed by atoms with van der Waals surface area (Å²) in [4.78, 5) is 33.2. The van der Waals surface area contributed by atoms with Crippen molar-refractivity contribution in [2.45, 2.75) is 50.7 Å². The quantitative estimate of drug-likeness (QED) is 0.411. The standard InChI is InChI=1S/C29H34F3N7O2/c1-37-15-3-2-5-23(37)19-33-27(41)21-7-9-22(10-8-21)34-28-35-26-24(6-4-16-39(26)36-28)20-12-17-38(18-13-20)25(40)11-14-29(30,31)32/h4,6-10,12,16,23H,2-3,5,11,13-15,17-19H2,1H3,(H,33,41)(H,34,36). The first-order chi connectivity index (χ1) is 19.7. The number of piperidine rings is 1. The van der Waals surface area contributed by atoms with Crippen LogP contribution in [0.5, 0.6) is 0 Å². The zero-order valence-electron chi connectivity index (χ0n) is 23.0. The normalized spacial score (nSPS) is 18.3. The monoisotopic (exact) mass is 569 g/mol. The number of hydrogen-bond donors (Lipinski definition) is 2. The highest BCUT2D eigenvalue weighted by Crippen LogP contribution is 2.28. The number of likely N-dealkylation sites (N-methyl/N-ethyl adjacent to an activating group) is 1. The van der Waals surface area contributed by atoms with Gasteiger partial charge in [-0.1, -0.05) is 12.5 Å². The maximum absolute atomic E-state index is 12.6. The van der Waals surface area contributed by atoms with Crippen molar-refractivity contribution < 1.29 is 22.8 Å². The molecule has 2 aliphatic rings. The Morgan fingerprint density at radius 1 is 1.10 bits per heavy atom. The number of benzene rings is 1. The van der Waals surface area contributed by atoms with Gasteiger partial charge in [0.2, 0.25) is 11.9 Å². The summed E-state index contributed by atoms with van der Waals surface area (Å²) in [6.45, 7) is 2.29. The van der Waals surface area contributed by atoms with Crippen molar-refractivity contribution in [2.75, 3.05) is 38.5 Å². The number of nitrogens with zero attached hydrogens (tertiary/aromatic N) is 5. The molecular formula is C29H34F3N7O2. The van der Waals surface area contributed by atoms with E-state index in [0.717, 1.165) is 29.8 Å². The minimum absolute atomic E-state index is 0.104. The molecule has 2 aliphatic heterocycles. The van der Waals surface area contributed by atoms with Crippen LogP contribution in [0.15, 0.2) is 48.7 Å². The lowest BCUT2D eigenvalue weighted by Crippen LogP contribution is -2.44. The number of fused-ring (bicyclic) bond motifs is 1. The number of halogens is 3. The van der Waals surface area contributed by atoms with Crippen LogP contribution in [0.25, 0.3) is 11.2 Å². The predicted octanol–water partition coefficient (Wildman–Crippen LogP) is 4.65. The van der Waals surface area contributed by atoms with Crippen LogP contribution in [0.2, 0.25) is 0 Å². The number of alkyl halides is 3. The second-order valence-corrected chi connectivity index (χ2v) is 10.6. The molecule has 2 aromatic heterocycles. The summed E-state index contributed by atoms with van der Waals surface area (Å²) in [6.07, 6.45) is 1.65. The summed E-state index contributed by atoms with van der Waals surface area (Å²) in [5.74, 6) is -0.215. The van der Waals surface area contributed by atoms with E-state index in [-0.39, 0.29) is 12.5 Å². The molecular weight excluding hydrogens is 535 g/mol. The Morgan fingerprint density at radius 2 is 1.90 bits per heavy atom. The third-order valence-corrected chi connectivity index (χ3v) is 7.72. The van der Waals surface area contributed by atoms with E-state index in [4.69, 9.17) is 0 Å². The number of likely N-dealkylation sites (tertiary alicyclic amines) is 1. The van der Waals surface area contributed by atoms with Gasteiger partial charge >= 0.3 is 6.18 Å². The Labute approximate surface area is 236 Å². The van der Waals surface area contributed by atoms with Crippen molar-refractivity contribution in [1.82, 2.24) is 29.7 Å². The molecule has 1 unspecified atom stereocenters. The molecule has 5 rings (SSSR count). The van der Waals surface area contributed by atoms with Gasteiger partial charge in [-0.15, -0.1) is 5.10 Å². The van der Waals surface area contributed by atoms with Crippen LogP contribution < -0.4 is 10.6 Å². The van der Waals surface area contributed by atoms with E-state index in [9.17, 15) is 22.8 Å². The number of amides is 2. The van der Waals surface area contributed by atoms with E-state index in [1.807, 2.05) is 30.3 Å². The number of carbonyl (C=O) groups is 2. The van der Waals surface area contributed by atoms with Gasteiger partial charge < -0.3 is 20.4 Å². The van der Waals surface area contributed by atoms with Crippen LogP contribution in [0.4, 0.5) is 24.8 Å². The Balaban J connectivity index is 1.20. The molecule has 0 bridgehead atoms. The predicted molar refractivity (Wildman–Crippen MR) is 150 cm³/mol. The molecule has 1 aromatic carbocycles. The lowest BCUT2D eigenvalue weighted by atomic mass is 10.00. The maximum atomic E-state index is 12.6. The van der Waals surface area contributed by atoms with Gasteiger partial charge in [-0.3, -0.25) is 9.59 Å². The van der Waals surface area contributed by atoms with Crippen LogP contribution in [-0.2, 0) is 4.79 Å². The summed E-state index contributed by atoms with van der Waals surface area (Å²) < 4.78 is 39.1. The molecule has 2 amide bonds. The average Bonchev–Trinajstić information content (AvgIpc) is 3.38. The Morgan fingerprint density at radius 3 is 2.61 bits per heavy atom. The lowest BCUT2D eigenvalue weighted by molar-refractivity contribution is -0.148. The average molecular weight is 570 g/mol. The molecule has 9 nitrogen and oxygen atoms in total. The highest BCUT2D eigenvalue weighted by atomic mass is 19.4. The van der Waals surface area contributed by atoms with E-state index < -0.39 is 24.9 Å². The highest BCUT2D eigenvalue weighted by molar-refractivity contribution is 5.94. The SMILES string of the molecule is CN1CCCCC1CNC(=O)c1ccc(Nc2nc3c(C4=CCN(C(=O)CCC(F)(F)F)CC4)cccn3n2)cc1. The highest BCUT2D eigenvalue weighted by Gasteiger charge is 2.29. The third-order valence-electron chi connectivity index (χ3n) is 7.72. The van der Waals surface area contributed by atoms with Gasteiger partial charge in [0.15, 0.2) is 5.65 Å². The van der Waals surface area contributed by atoms with Gasteiger partial charge in [0.25, 0.3) is 5.91 Å². The molecule has 1 saturated heterocycles. The summed E-state index contributed by atoms with van der Waals surface area (Å²) >= 11 is 0. The van der Waals surface area contributed by atoms with Gasteiger partial charge in [0.05, 0.1) is 6.42 Å². The van der Waals surface area contributed by atoms with Gasteiger partial charge in [-0.25, -0.2) is 4.52 Å². The summed E-state index contributed by atoms with van der Waals surface area (Å²) in [6, 6.07) is 11.3. The van der Waals surface area contributed by atoms with E-state index in [0.29, 0.717) is 42.7 Å². The second-order valence-electron chi connectivity index (χ2n) is 10.6. The molecule has 1 fully saturated rings. The van der Waals surface area contributed by atoms with Crippen LogP contribution in [0.3, 0.4) is 0 Å². The fourth-order valence-electron chi connectivity index (χ4n) is 5.31. The molecule has 4 heterocycles. The molecule has 218 valence electrons. The molecule has 1 atom stereocenters. The number of anilines is 2. The molecule has 0 spiro atoms. The van der Waals surface area contributed by atoms with Crippen LogP contribution in [0, 0.1) is 0 Å². The summed E-state index contributed by atoms with van der Waals surface area (Å²) in [5.41, 5.74) is 3.75. The number of hydrogen-bond acceptors (Lipinski definition) is 6. The number of aromatic nitrogens is 3. The number of rotatable bonds is 8. The van der Waals surface area contributed by atoms with Crippen molar-refractivity contribution >= 4 is 34.7 Å². The largest absolute Gasteiger partial charge is 0.389 e. The lowest BCUT2D eigenvalue weighted by Gasteiger charge is -2.32. The second kappa shape index (κ2) is 12.3. The number of carbonyl (C=O) groups excluding carboxylic acids is 2. The van der Waals surface area contributed by atoms with E-state index in [2.05, 4.69) is 32.7 Å². The molecule has 12 heteroatoms. The smallest absolute Gasteiger partial charge is 0.350 e. The molecule has 2 N–H and O–H groups in total. The fraction of sp³-hybridized carbons (Fsp3) is 0.448. The van der Waals surface area contributed by atoms with Crippen LogP contribution in [0.1, 0.15) is 54.4 Å². The van der Waals surface area contributed by atoms with Crippen molar-refractivity contribution in [1.29, 1.82) is 0 Å². The minimum atomic E-state index is -4.34. The van der Waals surface area contributed by atoms with Crippen molar-refractivity contribution in [3.63, 3.8) is 0 Å². The van der Waals surface area contributed by atoms with Crippen molar-refractivity contribution in [3.05, 3.63) is 59.8 Å². The Hall–Kier alpha value is -3.93. The topological polar surface area (TPSA) is 94.9 Å². The van der Waals surface area contributed by atoms with E-state index >= 15 is 0 Å². The Kier molecular flexibility index (Phi) is 8.57. The Bertz CT molecular complexity index is 1420. The van der Waals surface area contributed by atoms with E-state index in [1.165, 1.54) is 17.7 Å². The zero-order chi connectivity index (χ0) is 29.0. The number of nitrogens with one attached hydrogen (secondary N) is 2. The fourth-order valence-corrected chi connectivity index (χ4v) is 5.31. The zero-order valence-corrected chi connectivity index (χ0v) is 23.0. The van der Waals surface area contributed by atoms with Crippen molar-refractivity contribution in [3.8, 4) is 0 Å². The third kappa shape index (κ3) is 7.24. The molecule has 0 saturated carbocycles. The molecule has 0 aliphatic carbocycles. The van der Waals surface area contributed by atoms with E-state index in [1.54, 1.807) is 22.8 Å². The molecule has 0 radical (unpaired) electrons. The summed E-state index contributed by atoms with van der Waals surface area (Å²) in [7, 11) is 2.10.